The van der Waals surface area contributed by atoms with E-state index in [2.05, 4.69) is 4.98 Å². The first-order valence-corrected chi connectivity index (χ1v) is 9.01. The van der Waals surface area contributed by atoms with E-state index in [1.165, 1.54) is 15.4 Å². The molecule has 1 saturated carbocycles. The van der Waals surface area contributed by atoms with Crippen molar-refractivity contribution in [1.82, 2.24) is 19.2 Å². The van der Waals surface area contributed by atoms with Gasteiger partial charge in [0.05, 0.1) is 12.2 Å². The van der Waals surface area contributed by atoms with Crippen LogP contribution in [-0.4, -0.2) is 43.7 Å². The zero-order chi connectivity index (χ0) is 18.5. The summed E-state index contributed by atoms with van der Waals surface area (Å²) in [6.45, 7) is 1.96. The lowest BCUT2D eigenvalue weighted by atomic mass is 9.81. The third-order valence-electron chi connectivity index (χ3n) is 5.68. The van der Waals surface area contributed by atoms with Gasteiger partial charge in [-0.15, -0.1) is 0 Å². The van der Waals surface area contributed by atoms with Gasteiger partial charge in [0.25, 0.3) is 11.5 Å². The van der Waals surface area contributed by atoms with E-state index in [-0.39, 0.29) is 24.0 Å². The first-order valence-electron chi connectivity index (χ1n) is 9.01. The molecule has 2 aromatic rings. The fourth-order valence-corrected chi connectivity index (χ4v) is 4.17. The van der Waals surface area contributed by atoms with Crippen molar-refractivity contribution in [2.45, 2.75) is 51.1 Å². The molecule has 3 amide bonds. The summed E-state index contributed by atoms with van der Waals surface area (Å²) < 4.78 is 1.46. The molecule has 3 heterocycles. The molecule has 0 aromatic carbocycles. The minimum Gasteiger partial charge on any atom is -0.313 e. The summed E-state index contributed by atoms with van der Waals surface area (Å²) in [5.74, 6) is -0.157. The van der Waals surface area contributed by atoms with Gasteiger partial charge >= 0.3 is 6.03 Å². The Bertz CT molecular complexity index is 959. The number of nitrogens with zero attached hydrogens (tertiary/aromatic N) is 4. The van der Waals surface area contributed by atoms with Crippen molar-refractivity contribution in [1.29, 1.82) is 0 Å². The summed E-state index contributed by atoms with van der Waals surface area (Å²) in [7, 11) is 1.71. The van der Waals surface area contributed by atoms with Gasteiger partial charge in [0.15, 0.2) is 0 Å². The van der Waals surface area contributed by atoms with Crippen LogP contribution in [0.15, 0.2) is 29.2 Å². The van der Waals surface area contributed by atoms with Gasteiger partial charge in [0.2, 0.25) is 0 Å². The lowest BCUT2D eigenvalue weighted by Crippen LogP contribution is -2.49. The summed E-state index contributed by atoms with van der Waals surface area (Å²) in [5, 5.41) is 0. The van der Waals surface area contributed by atoms with Gasteiger partial charge in [-0.2, -0.15) is 0 Å². The lowest BCUT2D eigenvalue weighted by molar-refractivity contribution is -0.134. The van der Waals surface area contributed by atoms with E-state index in [0.717, 1.165) is 24.8 Å². The Balaban J connectivity index is 1.69. The molecule has 7 heteroatoms. The Kier molecular flexibility index (Phi) is 3.82. The van der Waals surface area contributed by atoms with E-state index in [4.69, 9.17) is 0 Å². The average molecular weight is 354 g/mol. The quantitative estimate of drug-likeness (QED) is 0.774. The molecule has 0 atom stereocenters. The maximum absolute atomic E-state index is 13.1. The SMILES string of the molecule is Cc1ccn2c(=O)cc(CN3C(=O)N(C)C4(CCCCC4)C3=O)nc2c1. The van der Waals surface area contributed by atoms with Crippen LogP contribution in [-0.2, 0) is 11.3 Å². The number of urea groups is 1. The van der Waals surface area contributed by atoms with Gasteiger partial charge in [-0.05, 0) is 37.5 Å². The number of likely N-dealkylation sites (N-methyl/N-ethyl adjacent to an activating group) is 1. The zero-order valence-corrected chi connectivity index (χ0v) is 15.1. The Morgan fingerprint density at radius 1 is 1.12 bits per heavy atom. The Hall–Kier alpha value is -2.70. The van der Waals surface area contributed by atoms with Gasteiger partial charge in [-0.3, -0.25) is 18.9 Å². The minimum atomic E-state index is -0.711. The topological polar surface area (TPSA) is 75.0 Å². The highest BCUT2D eigenvalue weighted by Gasteiger charge is 2.55. The average Bonchev–Trinajstić information content (AvgIpc) is 2.78. The molecule has 0 unspecified atom stereocenters. The van der Waals surface area contributed by atoms with Gasteiger partial charge in [-0.1, -0.05) is 19.3 Å². The summed E-state index contributed by atoms with van der Waals surface area (Å²) in [4.78, 5) is 45.4. The van der Waals surface area contributed by atoms with E-state index in [1.54, 1.807) is 18.1 Å². The highest BCUT2D eigenvalue weighted by atomic mass is 16.2. The van der Waals surface area contributed by atoms with Gasteiger partial charge in [0.1, 0.15) is 11.2 Å². The van der Waals surface area contributed by atoms with Crippen LogP contribution in [0.2, 0.25) is 0 Å². The first-order chi connectivity index (χ1) is 12.4. The van der Waals surface area contributed by atoms with Gasteiger partial charge in [-0.25, -0.2) is 9.78 Å². The number of fused-ring (bicyclic) bond motifs is 1. The van der Waals surface area contributed by atoms with Crippen LogP contribution < -0.4 is 5.56 Å². The Morgan fingerprint density at radius 3 is 2.58 bits per heavy atom. The normalized spacial score (nSPS) is 19.8. The van der Waals surface area contributed by atoms with Crippen LogP contribution >= 0.6 is 0 Å². The van der Waals surface area contributed by atoms with Crippen molar-refractivity contribution in [3.63, 3.8) is 0 Å². The van der Waals surface area contributed by atoms with Crippen LogP contribution in [0.1, 0.15) is 43.4 Å². The molecule has 0 radical (unpaired) electrons. The fraction of sp³-hybridized carbons (Fsp3) is 0.474. The zero-order valence-electron chi connectivity index (χ0n) is 15.1. The number of aromatic nitrogens is 2. The van der Waals surface area contributed by atoms with E-state index in [1.807, 2.05) is 19.1 Å². The van der Waals surface area contributed by atoms with Crippen LogP contribution in [0.25, 0.3) is 5.65 Å². The number of carbonyl (C=O) groups is 2. The van der Waals surface area contributed by atoms with E-state index < -0.39 is 5.54 Å². The molecule has 7 nitrogen and oxygen atoms in total. The monoisotopic (exact) mass is 354 g/mol. The number of hydrogen-bond donors (Lipinski definition) is 0. The first kappa shape index (κ1) is 16.8. The maximum atomic E-state index is 13.1. The van der Waals surface area contributed by atoms with E-state index in [0.29, 0.717) is 24.2 Å². The van der Waals surface area contributed by atoms with Crippen LogP contribution in [0.4, 0.5) is 4.79 Å². The fourth-order valence-electron chi connectivity index (χ4n) is 4.17. The Labute approximate surface area is 151 Å². The van der Waals surface area contributed by atoms with Crippen molar-refractivity contribution in [2.24, 2.45) is 0 Å². The largest absolute Gasteiger partial charge is 0.327 e. The third-order valence-corrected chi connectivity index (χ3v) is 5.68. The molecule has 1 spiro atoms. The summed E-state index contributed by atoms with van der Waals surface area (Å²) in [5.41, 5.74) is 1.02. The lowest BCUT2D eigenvalue weighted by Gasteiger charge is -2.35. The number of pyridine rings is 1. The predicted molar refractivity (Wildman–Crippen MR) is 95.7 cm³/mol. The van der Waals surface area contributed by atoms with Crippen LogP contribution in [0.5, 0.6) is 0 Å². The molecule has 136 valence electrons. The highest BCUT2D eigenvalue weighted by molar-refractivity contribution is 6.06. The number of aryl methyl sites for hydroxylation is 1. The molecular weight excluding hydrogens is 332 g/mol. The molecule has 0 N–H and O–H groups in total. The highest BCUT2D eigenvalue weighted by Crippen LogP contribution is 2.39. The van der Waals surface area contributed by atoms with Crippen molar-refractivity contribution >= 4 is 17.6 Å². The number of carbonyl (C=O) groups excluding carboxylic acids is 2. The molecule has 4 rings (SSSR count). The minimum absolute atomic E-state index is 0.0312. The Morgan fingerprint density at radius 2 is 1.85 bits per heavy atom. The second-order valence-electron chi connectivity index (χ2n) is 7.34. The molecule has 1 aliphatic carbocycles. The molecular formula is C19H22N4O3. The van der Waals surface area contributed by atoms with Gasteiger partial charge in [0, 0.05) is 19.3 Å². The maximum Gasteiger partial charge on any atom is 0.327 e. The molecule has 1 saturated heterocycles. The summed E-state index contributed by atoms with van der Waals surface area (Å²) in [6, 6.07) is 4.75. The van der Waals surface area contributed by atoms with Crippen molar-refractivity contribution < 1.29 is 9.59 Å². The van der Waals surface area contributed by atoms with Crippen LogP contribution in [0, 0.1) is 6.92 Å². The third kappa shape index (κ3) is 2.41. The van der Waals surface area contributed by atoms with Gasteiger partial charge < -0.3 is 4.90 Å². The summed E-state index contributed by atoms with van der Waals surface area (Å²) >= 11 is 0. The number of rotatable bonds is 2. The second-order valence-corrected chi connectivity index (χ2v) is 7.34. The van der Waals surface area contributed by atoms with Crippen molar-refractivity contribution in [3.8, 4) is 0 Å². The number of amides is 3. The number of imide groups is 1. The van der Waals surface area contributed by atoms with Crippen molar-refractivity contribution in [2.75, 3.05) is 7.05 Å². The number of hydrogen-bond acceptors (Lipinski definition) is 4. The standard InChI is InChI=1S/C19H22N4O3/c1-13-6-9-22-15(10-13)20-14(11-16(22)24)12-23-17(25)19(21(2)18(23)26)7-4-3-5-8-19/h6,9-11H,3-5,7-8,12H2,1-2H3. The second kappa shape index (κ2) is 5.93. The van der Waals surface area contributed by atoms with Crippen molar-refractivity contribution in [3.05, 3.63) is 46.0 Å². The van der Waals surface area contributed by atoms with E-state index >= 15 is 0 Å². The molecule has 2 fully saturated rings. The predicted octanol–water partition coefficient (Wildman–Crippen LogP) is 2.10. The molecule has 26 heavy (non-hydrogen) atoms. The molecule has 2 aliphatic rings. The summed E-state index contributed by atoms with van der Waals surface area (Å²) in [6.07, 6.45) is 6.09. The van der Waals surface area contributed by atoms with Crippen LogP contribution in [0.3, 0.4) is 0 Å². The van der Waals surface area contributed by atoms with E-state index in [9.17, 15) is 14.4 Å². The molecule has 0 bridgehead atoms. The smallest absolute Gasteiger partial charge is 0.313 e. The molecule has 2 aromatic heterocycles. The molecule has 1 aliphatic heterocycles.